The van der Waals surface area contributed by atoms with Crippen molar-refractivity contribution in [2.24, 2.45) is 5.41 Å². The van der Waals surface area contributed by atoms with Crippen LogP contribution in [0.1, 0.15) is 12.8 Å². The Balaban J connectivity index is 1.68. The lowest BCUT2D eigenvalue weighted by Crippen LogP contribution is -2.58. The van der Waals surface area contributed by atoms with Crippen LogP contribution < -0.4 is 15.4 Å². The van der Waals surface area contributed by atoms with Gasteiger partial charge in [0.2, 0.25) is 0 Å². The molecule has 0 aromatic heterocycles. The van der Waals surface area contributed by atoms with Gasteiger partial charge in [0.15, 0.2) is 0 Å². The third-order valence-electron chi connectivity index (χ3n) is 4.62. The first-order chi connectivity index (χ1) is 9.12. The first-order valence-electron chi connectivity index (χ1n) is 6.99. The predicted molar refractivity (Wildman–Crippen MR) is 78.8 cm³/mol. The van der Waals surface area contributed by atoms with Crippen LogP contribution in [-0.2, 0) is 0 Å². The molecule has 2 N–H and O–H groups in total. The molecule has 0 unspecified atom stereocenters. The van der Waals surface area contributed by atoms with Crippen molar-refractivity contribution in [1.82, 2.24) is 4.90 Å². The van der Waals surface area contributed by atoms with Gasteiger partial charge in [-0.05, 0) is 37.4 Å². The van der Waals surface area contributed by atoms with Crippen LogP contribution in [-0.4, -0.2) is 45.2 Å². The fourth-order valence-corrected chi connectivity index (χ4v) is 3.55. The number of rotatable bonds is 2. The van der Waals surface area contributed by atoms with Crippen molar-refractivity contribution in [3.63, 3.8) is 0 Å². The second-order valence-electron chi connectivity index (χ2n) is 6.09. The second-order valence-corrected chi connectivity index (χ2v) is 6.09. The number of likely N-dealkylation sites (tertiary alicyclic amines) is 1. The molecule has 2 fully saturated rings. The smallest absolute Gasteiger partial charge is 0.143 e. The predicted octanol–water partition coefficient (Wildman–Crippen LogP) is 1.81. The summed E-state index contributed by atoms with van der Waals surface area (Å²) in [5.74, 6) is 0.779. The van der Waals surface area contributed by atoms with Crippen molar-refractivity contribution in [2.45, 2.75) is 12.8 Å². The van der Waals surface area contributed by atoms with Gasteiger partial charge in [-0.25, -0.2) is 0 Å². The molecule has 0 amide bonds. The molecule has 0 saturated carbocycles. The molecule has 1 spiro atoms. The molecule has 0 bridgehead atoms. The topological polar surface area (TPSA) is 41.7 Å². The van der Waals surface area contributed by atoms with Crippen LogP contribution in [0, 0.1) is 5.41 Å². The van der Waals surface area contributed by atoms with Crippen LogP contribution >= 0.6 is 0 Å². The maximum Gasteiger partial charge on any atom is 0.143 e. The summed E-state index contributed by atoms with van der Waals surface area (Å²) in [5.41, 5.74) is 8.41. The molecular formula is C15H23N3O. The van der Waals surface area contributed by atoms with Crippen molar-refractivity contribution >= 4 is 11.4 Å². The van der Waals surface area contributed by atoms with Gasteiger partial charge in [0.1, 0.15) is 5.75 Å². The molecule has 0 aliphatic carbocycles. The summed E-state index contributed by atoms with van der Waals surface area (Å²) in [6, 6.07) is 6.10. The summed E-state index contributed by atoms with van der Waals surface area (Å²) in [7, 11) is 3.88. The molecule has 104 valence electrons. The summed E-state index contributed by atoms with van der Waals surface area (Å²) in [6.45, 7) is 4.82. The van der Waals surface area contributed by atoms with Crippen molar-refractivity contribution in [1.29, 1.82) is 0 Å². The summed E-state index contributed by atoms with van der Waals surface area (Å²) in [4.78, 5) is 4.87. The van der Waals surface area contributed by atoms with E-state index in [-0.39, 0.29) is 0 Å². The summed E-state index contributed by atoms with van der Waals surface area (Å²) < 4.78 is 5.31. The number of ether oxygens (including phenoxy) is 1. The van der Waals surface area contributed by atoms with Gasteiger partial charge in [0.25, 0.3) is 0 Å². The van der Waals surface area contributed by atoms with E-state index in [0.29, 0.717) is 11.1 Å². The van der Waals surface area contributed by atoms with Crippen molar-refractivity contribution in [3.05, 3.63) is 18.2 Å². The summed E-state index contributed by atoms with van der Waals surface area (Å²) in [5, 5.41) is 0. The first kappa shape index (κ1) is 12.6. The average Bonchev–Trinajstić information content (AvgIpc) is 2.39. The number of benzene rings is 1. The largest absolute Gasteiger partial charge is 0.495 e. The first-order valence-corrected chi connectivity index (χ1v) is 6.99. The fraction of sp³-hybridized carbons (Fsp3) is 0.600. The van der Waals surface area contributed by atoms with E-state index >= 15 is 0 Å². The third kappa shape index (κ3) is 2.25. The zero-order valence-electron chi connectivity index (χ0n) is 11.9. The van der Waals surface area contributed by atoms with Gasteiger partial charge in [0.05, 0.1) is 12.8 Å². The Labute approximate surface area is 115 Å². The van der Waals surface area contributed by atoms with Gasteiger partial charge in [-0.1, -0.05) is 0 Å². The van der Waals surface area contributed by atoms with Crippen LogP contribution in [0.15, 0.2) is 18.2 Å². The molecule has 2 saturated heterocycles. The molecule has 2 aliphatic rings. The van der Waals surface area contributed by atoms with E-state index in [2.05, 4.69) is 29.0 Å². The Bertz CT molecular complexity index is 458. The molecule has 0 atom stereocenters. The quantitative estimate of drug-likeness (QED) is 0.824. The molecule has 1 aromatic carbocycles. The van der Waals surface area contributed by atoms with Gasteiger partial charge in [0, 0.05) is 37.9 Å². The standard InChI is InChI=1S/C15H23N3O/c1-17-10-15(11-17)5-7-18(8-6-15)12-3-4-13(16)14(9-12)19-2/h3-4,9H,5-8,10-11,16H2,1-2H3. The summed E-state index contributed by atoms with van der Waals surface area (Å²) in [6.07, 6.45) is 2.59. The normalized spacial score (nSPS) is 22.3. The minimum Gasteiger partial charge on any atom is -0.495 e. The lowest BCUT2D eigenvalue weighted by atomic mass is 9.72. The Hall–Kier alpha value is -1.42. The lowest BCUT2D eigenvalue weighted by Gasteiger charge is -2.53. The highest BCUT2D eigenvalue weighted by molar-refractivity contribution is 5.62. The van der Waals surface area contributed by atoms with Crippen molar-refractivity contribution < 1.29 is 4.74 Å². The number of hydrogen-bond donors (Lipinski definition) is 1. The lowest BCUT2D eigenvalue weighted by molar-refractivity contribution is 0.00131. The zero-order chi connectivity index (χ0) is 13.5. The van der Waals surface area contributed by atoms with Crippen LogP contribution in [0.5, 0.6) is 5.75 Å². The molecule has 3 rings (SSSR count). The maximum absolute atomic E-state index is 5.87. The number of piperidine rings is 1. The SMILES string of the molecule is COc1cc(N2CCC3(CC2)CN(C)C3)ccc1N. The molecule has 2 heterocycles. The van der Waals surface area contributed by atoms with Crippen molar-refractivity contribution in [2.75, 3.05) is 51.0 Å². The zero-order valence-corrected chi connectivity index (χ0v) is 11.9. The van der Waals surface area contributed by atoms with Gasteiger partial charge in [-0.3, -0.25) is 0 Å². The van der Waals surface area contributed by atoms with Crippen LogP contribution in [0.2, 0.25) is 0 Å². The number of hydrogen-bond acceptors (Lipinski definition) is 4. The fourth-order valence-electron chi connectivity index (χ4n) is 3.55. The van der Waals surface area contributed by atoms with Gasteiger partial charge >= 0.3 is 0 Å². The number of nitrogens with zero attached hydrogens (tertiary/aromatic N) is 2. The highest BCUT2D eigenvalue weighted by Crippen LogP contribution is 2.41. The van der Waals surface area contributed by atoms with E-state index in [0.717, 1.165) is 18.8 Å². The minimum atomic E-state index is 0.600. The van der Waals surface area contributed by atoms with E-state index < -0.39 is 0 Å². The molecule has 1 aromatic rings. The Kier molecular flexibility index (Phi) is 3.05. The molecule has 4 heteroatoms. The molecular weight excluding hydrogens is 238 g/mol. The summed E-state index contributed by atoms with van der Waals surface area (Å²) >= 11 is 0. The average molecular weight is 261 g/mol. The number of nitrogens with two attached hydrogens (primary N) is 1. The Morgan fingerprint density at radius 3 is 2.47 bits per heavy atom. The number of methoxy groups -OCH3 is 1. The second kappa shape index (κ2) is 4.60. The van der Waals surface area contributed by atoms with Crippen LogP contribution in [0.4, 0.5) is 11.4 Å². The number of anilines is 2. The highest BCUT2D eigenvalue weighted by atomic mass is 16.5. The molecule has 2 aliphatic heterocycles. The monoisotopic (exact) mass is 261 g/mol. The molecule has 19 heavy (non-hydrogen) atoms. The van der Waals surface area contributed by atoms with E-state index in [4.69, 9.17) is 10.5 Å². The number of nitrogen functional groups attached to an aromatic ring is 1. The van der Waals surface area contributed by atoms with Crippen molar-refractivity contribution in [3.8, 4) is 5.75 Å². The van der Waals surface area contributed by atoms with E-state index in [9.17, 15) is 0 Å². The van der Waals surface area contributed by atoms with E-state index in [1.165, 1.54) is 31.6 Å². The maximum atomic E-state index is 5.87. The van der Waals surface area contributed by atoms with E-state index in [1.54, 1.807) is 7.11 Å². The highest BCUT2D eigenvalue weighted by Gasteiger charge is 2.43. The van der Waals surface area contributed by atoms with Gasteiger partial charge in [-0.2, -0.15) is 0 Å². The van der Waals surface area contributed by atoms with E-state index in [1.807, 2.05) is 6.07 Å². The third-order valence-corrected chi connectivity index (χ3v) is 4.62. The Morgan fingerprint density at radius 2 is 1.89 bits per heavy atom. The van der Waals surface area contributed by atoms with Crippen LogP contribution in [0.25, 0.3) is 0 Å². The minimum absolute atomic E-state index is 0.600. The van der Waals surface area contributed by atoms with Crippen LogP contribution in [0.3, 0.4) is 0 Å². The van der Waals surface area contributed by atoms with Gasteiger partial charge < -0.3 is 20.3 Å². The molecule has 0 radical (unpaired) electrons. The molecule has 4 nitrogen and oxygen atoms in total. The van der Waals surface area contributed by atoms with Gasteiger partial charge in [-0.15, -0.1) is 0 Å². The Morgan fingerprint density at radius 1 is 1.21 bits per heavy atom.